The lowest BCUT2D eigenvalue weighted by Crippen LogP contribution is -2.70. The van der Waals surface area contributed by atoms with Crippen molar-refractivity contribution in [1.29, 1.82) is 0 Å². The van der Waals surface area contributed by atoms with Gasteiger partial charge in [0.2, 0.25) is 11.8 Å². The first kappa shape index (κ1) is 63.1. The predicted molar refractivity (Wildman–Crippen MR) is 310 cm³/mol. The van der Waals surface area contributed by atoms with Crippen LogP contribution in [0, 0.1) is 28.6 Å². The molecule has 23 nitrogen and oxygen atoms in total. The highest BCUT2D eigenvalue weighted by Crippen LogP contribution is 2.58. The fourth-order valence-corrected chi connectivity index (χ4v) is 13.3. The molecule has 0 spiro atoms. The van der Waals surface area contributed by atoms with Crippen LogP contribution in [0.5, 0.6) is 0 Å². The van der Waals surface area contributed by atoms with Gasteiger partial charge in [-0.05, 0) is 137 Å². The second-order valence-corrected chi connectivity index (χ2v) is 23.7. The molecule has 0 unspecified atom stereocenters. The average Bonchev–Trinajstić information content (AvgIpc) is 1.59. The van der Waals surface area contributed by atoms with E-state index in [9.17, 15) is 43.9 Å². The number of hydrogen-bond donors (Lipinski definition) is 4. The number of aromatic nitrogens is 2. The van der Waals surface area contributed by atoms with Crippen molar-refractivity contribution < 1.29 is 48.5 Å². The molecule has 0 atom stereocenters. The number of carboxylic acids is 1. The zero-order valence-corrected chi connectivity index (χ0v) is 49.3. The van der Waals surface area contributed by atoms with Gasteiger partial charge in [0, 0.05) is 96.7 Å². The number of methoxy groups -OCH3 is 2. The normalized spacial score (nSPS) is 23.0. The van der Waals surface area contributed by atoms with Crippen molar-refractivity contribution in [3.63, 3.8) is 0 Å². The molecule has 4 bridgehead atoms. The van der Waals surface area contributed by atoms with Crippen molar-refractivity contribution in [3.05, 3.63) is 81.6 Å². The third kappa shape index (κ3) is 15.6. The minimum absolute atomic E-state index is 0.00199. The number of nitrogens with two attached hydrogens (primary N) is 1. The van der Waals surface area contributed by atoms with Gasteiger partial charge in [-0.1, -0.05) is 20.4 Å². The molecule has 4 saturated carbocycles. The molecule has 1 saturated heterocycles. The number of nitrogens with one attached hydrogen (secondary N) is 1. The van der Waals surface area contributed by atoms with Crippen LogP contribution in [-0.2, 0) is 28.7 Å². The Morgan fingerprint density at radius 3 is 1.87 bits per heavy atom. The highest BCUT2D eigenvalue weighted by molar-refractivity contribution is 5.98. The molecule has 6 aliphatic rings. The molecule has 5 aliphatic carbocycles. The molecule has 0 radical (unpaired) electrons. The number of primary amides is 1. The van der Waals surface area contributed by atoms with Crippen LogP contribution in [0.1, 0.15) is 110 Å². The van der Waals surface area contributed by atoms with Gasteiger partial charge in [0.1, 0.15) is 17.1 Å². The third-order valence-electron chi connectivity index (χ3n) is 17.5. The summed E-state index contributed by atoms with van der Waals surface area (Å²) in [5.41, 5.74) is 7.38. The van der Waals surface area contributed by atoms with Crippen LogP contribution in [0.15, 0.2) is 59.4 Å². The first-order valence-electron chi connectivity index (χ1n) is 29.0. The fraction of sp³-hybridized carbons (Fsp3) is 0.644. The van der Waals surface area contributed by atoms with E-state index in [1.54, 1.807) is 59.8 Å². The summed E-state index contributed by atoms with van der Waals surface area (Å²) in [5.74, 6) is -1.20. The van der Waals surface area contributed by atoms with Crippen LogP contribution in [0.2, 0.25) is 0 Å². The van der Waals surface area contributed by atoms with Gasteiger partial charge in [-0.15, -0.1) is 4.91 Å². The van der Waals surface area contributed by atoms with E-state index in [1.165, 1.54) is 0 Å². The molecule has 82 heavy (non-hydrogen) atoms. The molecule has 1 aromatic heterocycles. The number of carbonyl (C=O) groups excluding carboxylic acids is 5. The summed E-state index contributed by atoms with van der Waals surface area (Å²) in [5, 5.41) is 31.6. The molecule has 5 amide bonds. The Kier molecular flexibility index (Phi) is 22.0. The predicted octanol–water partition coefficient (Wildman–Crippen LogP) is 4.00. The van der Waals surface area contributed by atoms with E-state index in [0.717, 1.165) is 37.7 Å². The second-order valence-electron chi connectivity index (χ2n) is 23.7. The van der Waals surface area contributed by atoms with Gasteiger partial charge in [-0.25, -0.2) is 9.48 Å². The van der Waals surface area contributed by atoms with Crippen molar-refractivity contribution >= 4 is 41.1 Å². The minimum atomic E-state index is -1.37. The number of aliphatic hydroxyl groups is 1. The van der Waals surface area contributed by atoms with E-state index in [2.05, 4.69) is 22.0 Å². The number of nitroso groups, excluding NO2 is 1. The van der Waals surface area contributed by atoms with E-state index >= 15 is 0 Å². The maximum atomic E-state index is 14.5. The highest BCUT2D eigenvalue weighted by atomic mass is 16.5. The zero-order valence-electron chi connectivity index (χ0n) is 49.3. The van der Waals surface area contributed by atoms with Gasteiger partial charge in [-0.2, -0.15) is 5.10 Å². The Morgan fingerprint density at radius 2 is 1.34 bits per heavy atom. The van der Waals surface area contributed by atoms with E-state index in [4.69, 9.17) is 20.3 Å². The SMILES string of the molecule is C=C(O)CN1CCN(CC(N)=O)CCN(CC(=O)N=O)CCN(CC(=O)N(C)CCCN(C)CCCN(C)C(=O)c2ccc(-n3nc(C(=O)NC4(C(=O)O)C5CC6CC(C5)CC4C6)cc3C3=C(OC)CCC=C3OC)c(C(C)C)c2)CC1. The Hall–Kier alpha value is -6.53. The quantitative estimate of drug-likeness (QED) is 0.0808. The monoisotopic (exact) mass is 1140 g/mol. The number of likely N-dealkylation sites (N-methyl/N-ethyl adjacent to an activating group) is 1. The van der Waals surface area contributed by atoms with Crippen molar-refractivity contribution in [2.24, 2.45) is 34.6 Å². The number of carbonyl (C=O) groups is 6. The van der Waals surface area contributed by atoms with Crippen molar-refractivity contribution in [2.45, 2.75) is 83.1 Å². The smallest absolute Gasteiger partial charge is 0.330 e. The third-order valence-corrected chi connectivity index (χ3v) is 17.5. The molecule has 8 rings (SSSR count). The summed E-state index contributed by atoms with van der Waals surface area (Å²) in [4.78, 5) is 104. The maximum Gasteiger partial charge on any atom is 0.330 e. The summed E-state index contributed by atoms with van der Waals surface area (Å²) in [7, 11) is 8.77. The average molecular weight is 1140 g/mol. The largest absolute Gasteiger partial charge is 0.512 e. The van der Waals surface area contributed by atoms with Crippen LogP contribution >= 0.6 is 0 Å². The van der Waals surface area contributed by atoms with E-state index < -0.39 is 29.2 Å². The maximum absolute atomic E-state index is 14.5. The summed E-state index contributed by atoms with van der Waals surface area (Å²) >= 11 is 0. The van der Waals surface area contributed by atoms with Gasteiger partial charge in [0.05, 0.1) is 63.1 Å². The summed E-state index contributed by atoms with van der Waals surface area (Å²) < 4.78 is 13.5. The van der Waals surface area contributed by atoms with E-state index in [0.29, 0.717) is 150 Å². The summed E-state index contributed by atoms with van der Waals surface area (Å²) in [6.07, 6.45) is 8.98. The van der Waals surface area contributed by atoms with Crippen LogP contribution in [0.4, 0.5) is 0 Å². The molecule has 2 heterocycles. The second kappa shape index (κ2) is 28.6. The lowest BCUT2D eigenvalue weighted by molar-refractivity contribution is -0.163. The van der Waals surface area contributed by atoms with Gasteiger partial charge in [0.15, 0.2) is 5.69 Å². The fourth-order valence-electron chi connectivity index (χ4n) is 13.3. The standard InChI is InChI=1S/C59H88N12O11/c1-39(2)46-33-43(14-15-48(46)71-49(55-50(81-7)12-9-13-51(55)82-8)34-47(62-71)56(76)61-59(58(78)79)44-29-41-28-42(31-44)32-45(59)30-41)57(77)66(6)19-11-17-64(4)16-10-18-65(5)54(75)38-70-26-21-67(35-40(3)72)20-22-68(36-52(60)73)23-24-69(25-27-70)37-53(74)63-80/h12,14-15,33-34,39,41-42,44-45,72H,3,9-11,13,16-32,35-38H2,1-2,4-8H3,(H2,60,73)(H,61,76)(H,78,79). The molecule has 1 aromatic carbocycles. The topological polar surface area (TPSA) is 269 Å². The van der Waals surface area contributed by atoms with Crippen LogP contribution in [0.3, 0.4) is 0 Å². The van der Waals surface area contributed by atoms with Crippen LogP contribution in [-0.4, -0.2) is 235 Å². The Balaban J connectivity index is 0.962. The summed E-state index contributed by atoms with van der Waals surface area (Å²) in [6.45, 7) is 13.8. The lowest BCUT2D eigenvalue weighted by Gasteiger charge is -2.59. The van der Waals surface area contributed by atoms with Gasteiger partial charge >= 0.3 is 5.97 Å². The molecular weight excluding hydrogens is 1050 g/mol. The Labute approximate surface area is 482 Å². The highest BCUT2D eigenvalue weighted by Gasteiger charge is 2.62. The molecule has 450 valence electrons. The zero-order chi connectivity index (χ0) is 59.4. The molecule has 23 heteroatoms. The van der Waals surface area contributed by atoms with Gasteiger partial charge in [0.25, 0.3) is 17.7 Å². The van der Waals surface area contributed by atoms with Crippen molar-refractivity contribution in [1.82, 2.24) is 49.4 Å². The van der Waals surface area contributed by atoms with Gasteiger partial charge in [-0.3, -0.25) is 43.6 Å². The number of amides is 5. The first-order chi connectivity index (χ1) is 39.1. The summed E-state index contributed by atoms with van der Waals surface area (Å²) in [6, 6.07) is 7.21. The number of rotatable bonds is 25. The molecular formula is C59H88N12O11. The number of aliphatic carboxylic acids is 1. The number of benzene rings is 1. The number of allylic oxidation sites excluding steroid dienone is 3. The van der Waals surface area contributed by atoms with Crippen molar-refractivity contribution in [2.75, 3.05) is 140 Å². The number of ether oxygens (including phenoxy) is 2. The van der Waals surface area contributed by atoms with Crippen LogP contribution < -0.4 is 11.1 Å². The molecule has 1 aliphatic heterocycles. The molecule has 5 N–H and O–H groups in total. The minimum Gasteiger partial charge on any atom is -0.512 e. The van der Waals surface area contributed by atoms with E-state index in [1.807, 2.05) is 53.8 Å². The number of aliphatic hydroxyl groups excluding tert-OH is 1. The van der Waals surface area contributed by atoms with Gasteiger partial charge < -0.3 is 45.4 Å². The Morgan fingerprint density at radius 1 is 0.780 bits per heavy atom. The lowest BCUT2D eigenvalue weighted by atomic mass is 9.48. The first-order valence-corrected chi connectivity index (χ1v) is 29.0. The van der Waals surface area contributed by atoms with Crippen molar-refractivity contribution in [3.8, 4) is 5.69 Å². The molecule has 5 fully saturated rings. The number of nitrogens with zero attached hydrogens (tertiary/aromatic N) is 10. The number of hydrogen-bond acceptors (Lipinski definition) is 16. The Bertz CT molecular complexity index is 2690. The number of carboxylic acid groups (broad SMARTS) is 1. The van der Waals surface area contributed by atoms with Crippen LogP contribution in [0.25, 0.3) is 11.3 Å². The van der Waals surface area contributed by atoms with E-state index in [-0.39, 0.29) is 67.2 Å². The molecule has 2 aromatic rings.